The molecule has 0 spiro atoms. The van der Waals surface area contributed by atoms with E-state index in [9.17, 15) is 4.79 Å². The number of aromatic amines is 1. The van der Waals surface area contributed by atoms with Crippen molar-refractivity contribution >= 4 is 16.8 Å². The Morgan fingerprint density at radius 2 is 2.12 bits per heavy atom. The monoisotopic (exact) mass is 326 g/mol. The van der Waals surface area contributed by atoms with E-state index in [0.717, 1.165) is 35.7 Å². The summed E-state index contributed by atoms with van der Waals surface area (Å²) in [5, 5.41) is 6.20. The van der Waals surface area contributed by atoms with Crippen LogP contribution in [-0.4, -0.2) is 35.5 Å². The number of H-pyrrole nitrogens is 1. The van der Waals surface area contributed by atoms with Crippen LogP contribution >= 0.6 is 0 Å². The van der Waals surface area contributed by atoms with Crippen LogP contribution in [0, 0.1) is 0 Å². The van der Waals surface area contributed by atoms with Crippen molar-refractivity contribution in [3.63, 3.8) is 0 Å². The van der Waals surface area contributed by atoms with Crippen LogP contribution in [0.3, 0.4) is 0 Å². The van der Waals surface area contributed by atoms with Crippen LogP contribution < -0.4 is 10.7 Å². The Bertz CT molecular complexity index is 786. The number of aromatic nitrogens is 1. The van der Waals surface area contributed by atoms with Gasteiger partial charge in [0.1, 0.15) is 5.69 Å². The minimum Gasteiger partial charge on any atom is -0.351 e. The first-order valence-electron chi connectivity index (χ1n) is 8.50. The number of hydrazine groups is 1. The molecule has 3 rings (SSSR count). The summed E-state index contributed by atoms with van der Waals surface area (Å²) in [6.45, 7) is 4.20. The first-order chi connectivity index (χ1) is 11.5. The molecule has 3 N–H and O–H groups in total. The lowest BCUT2D eigenvalue weighted by Gasteiger charge is -2.21. The van der Waals surface area contributed by atoms with Gasteiger partial charge in [-0.3, -0.25) is 4.79 Å². The van der Waals surface area contributed by atoms with Gasteiger partial charge in [-0.1, -0.05) is 13.0 Å². The molecule has 128 valence electrons. The van der Waals surface area contributed by atoms with Crippen LogP contribution in [-0.2, 0) is 6.42 Å². The van der Waals surface area contributed by atoms with Crippen molar-refractivity contribution in [3.05, 3.63) is 47.3 Å². The molecule has 1 aliphatic carbocycles. The molecule has 0 radical (unpaired) electrons. The quantitative estimate of drug-likeness (QED) is 0.715. The number of amides is 1. The molecule has 24 heavy (non-hydrogen) atoms. The van der Waals surface area contributed by atoms with Crippen molar-refractivity contribution < 1.29 is 4.79 Å². The Morgan fingerprint density at radius 3 is 2.75 bits per heavy atom. The molecule has 1 aromatic heterocycles. The number of nitrogens with one attached hydrogen (secondary N) is 3. The standard InChI is InChI=1S/C19H26N4O/c1-5-14-6-7-16-15(10-14)11-17(21-16)18(24)22-19(8-9-19)13(2)12-23(4)20-3/h6-7,10-12,20-21H,5,8-9H2,1-4H3,(H,22,24)/b13-12+. The number of fused-ring (bicyclic) bond motifs is 1. The molecule has 0 unspecified atom stereocenters. The van der Waals surface area contributed by atoms with Gasteiger partial charge in [-0.15, -0.1) is 0 Å². The summed E-state index contributed by atoms with van der Waals surface area (Å²) in [5.41, 5.74) is 6.92. The van der Waals surface area contributed by atoms with Gasteiger partial charge in [-0.2, -0.15) is 0 Å². The molecule has 1 saturated carbocycles. The summed E-state index contributed by atoms with van der Waals surface area (Å²) in [7, 11) is 3.82. The molecule has 0 bridgehead atoms. The second kappa shape index (κ2) is 6.32. The molecule has 0 saturated heterocycles. The van der Waals surface area contributed by atoms with Crippen LogP contribution in [0.5, 0.6) is 0 Å². The van der Waals surface area contributed by atoms with E-state index in [2.05, 4.69) is 41.7 Å². The highest BCUT2D eigenvalue weighted by Gasteiger charge is 2.46. The van der Waals surface area contributed by atoms with Crippen LogP contribution in [0.2, 0.25) is 0 Å². The average molecular weight is 326 g/mol. The van der Waals surface area contributed by atoms with E-state index >= 15 is 0 Å². The fourth-order valence-electron chi connectivity index (χ4n) is 3.03. The molecule has 2 aromatic rings. The summed E-state index contributed by atoms with van der Waals surface area (Å²) in [5.74, 6) is -0.0402. The Kier molecular flexibility index (Phi) is 4.37. The minimum absolute atomic E-state index is 0.0402. The lowest BCUT2D eigenvalue weighted by Crippen LogP contribution is -2.39. The summed E-state index contributed by atoms with van der Waals surface area (Å²) in [6.07, 6.45) is 5.00. The van der Waals surface area contributed by atoms with Crippen molar-refractivity contribution in [2.45, 2.75) is 38.6 Å². The highest BCUT2D eigenvalue weighted by Crippen LogP contribution is 2.42. The number of carbonyl (C=O) groups excluding carboxylic acids is 1. The van der Waals surface area contributed by atoms with Crippen LogP contribution in [0.4, 0.5) is 0 Å². The van der Waals surface area contributed by atoms with E-state index in [-0.39, 0.29) is 11.4 Å². The van der Waals surface area contributed by atoms with Gasteiger partial charge in [0, 0.05) is 31.2 Å². The zero-order valence-electron chi connectivity index (χ0n) is 14.9. The molecular formula is C19H26N4O. The lowest BCUT2D eigenvalue weighted by atomic mass is 10.1. The molecule has 1 amide bonds. The SMILES string of the molecule is CCc1ccc2[nH]c(C(=O)NC3(/C(C)=C/N(C)NC)CC3)cc2c1. The maximum Gasteiger partial charge on any atom is 0.268 e. The van der Waals surface area contributed by atoms with Gasteiger partial charge in [0.2, 0.25) is 0 Å². The van der Waals surface area contributed by atoms with Crippen LogP contribution in [0.1, 0.15) is 42.7 Å². The Balaban J connectivity index is 1.79. The number of benzene rings is 1. The van der Waals surface area contributed by atoms with Crippen molar-refractivity contribution in [1.82, 2.24) is 20.7 Å². The molecular weight excluding hydrogens is 300 g/mol. The number of rotatable bonds is 6. The van der Waals surface area contributed by atoms with E-state index < -0.39 is 0 Å². The maximum absolute atomic E-state index is 12.7. The average Bonchev–Trinajstić information content (AvgIpc) is 3.23. The zero-order chi connectivity index (χ0) is 17.3. The van der Waals surface area contributed by atoms with Crippen molar-refractivity contribution in [2.24, 2.45) is 0 Å². The van der Waals surface area contributed by atoms with E-state index in [0.29, 0.717) is 5.69 Å². The molecule has 1 fully saturated rings. The fraction of sp³-hybridized carbons (Fsp3) is 0.421. The molecule has 1 aliphatic rings. The summed E-state index contributed by atoms with van der Waals surface area (Å²) in [6, 6.07) is 8.23. The van der Waals surface area contributed by atoms with Gasteiger partial charge in [0.15, 0.2) is 0 Å². The van der Waals surface area contributed by atoms with Gasteiger partial charge >= 0.3 is 0 Å². The number of hydrogen-bond acceptors (Lipinski definition) is 3. The fourth-order valence-corrected chi connectivity index (χ4v) is 3.03. The Hall–Kier alpha value is -2.27. The highest BCUT2D eigenvalue weighted by atomic mass is 16.2. The van der Waals surface area contributed by atoms with Crippen molar-refractivity contribution in [1.29, 1.82) is 0 Å². The second-order valence-electron chi connectivity index (χ2n) is 6.64. The van der Waals surface area contributed by atoms with Gasteiger partial charge < -0.3 is 15.3 Å². The van der Waals surface area contributed by atoms with Crippen molar-refractivity contribution in [2.75, 3.05) is 14.1 Å². The molecule has 0 atom stereocenters. The first-order valence-corrected chi connectivity index (χ1v) is 8.50. The van der Waals surface area contributed by atoms with E-state index in [1.54, 1.807) is 0 Å². The maximum atomic E-state index is 12.7. The van der Waals surface area contributed by atoms with E-state index in [1.807, 2.05) is 37.4 Å². The molecule has 1 aromatic carbocycles. The van der Waals surface area contributed by atoms with Crippen LogP contribution in [0.25, 0.3) is 10.9 Å². The third-order valence-corrected chi connectivity index (χ3v) is 4.94. The molecule has 1 heterocycles. The summed E-state index contributed by atoms with van der Waals surface area (Å²) < 4.78 is 0. The van der Waals surface area contributed by atoms with Crippen LogP contribution in [0.15, 0.2) is 36.0 Å². The molecule has 5 heteroatoms. The number of carbonyl (C=O) groups is 1. The number of aryl methyl sites for hydroxylation is 1. The number of hydrogen-bond donors (Lipinski definition) is 3. The summed E-state index contributed by atoms with van der Waals surface area (Å²) in [4.78, 5) is 15.9. The highest BCUT2D eigenvalue weighted by molar-refractivity contribution is 5.98. The van der Waals surface area contributed by atoms with Gasteiger partial charge in [-0.05, 0) is 55.5 Å². The smallest absolute Gasteiger partial charge is 0.268 e. The second-order valence-corrected chi connectivity index (χ2v) is 6.64. The van der Waals surface area contributed by atoms with Crippen molar-refractivity contribution in [3.8, 4) is 0 Å². The minimum atomic E-state index is -0.200. The normalized spacial score (nSPS) is 16.2. The largest absolute Gasteiger partial charge is 0.351 e. The first kappa shape index (κ1) is 16.6. The van der Waals surface area contributed by atoms with Gasteiger partial charge in [0.05, 0.1) is 5.54 Å². The van der Waals surface area contributed by atoms with E-state index in [1.165, 1.54) is 5.56 Å². The lowest BCUT2D eigenvalue weighted by molar-refractivity contribution is 0.0933. The zero-order valence-corrected chi connectivity index (χ0v) is 14.9. The Morgan fingerprint density at radius 1 is 1.38 bits per heavy atom. The van der Waals surface area contributed by atoms with Gasteiger partial charge in [0.25, 0.3) is 5.91 Å². The van der Waals surface area contributed by atoms with E-state index in [4.69, 9.17) is 0 Å². The topological polar surface area (TPSA) is 60.2 Å². The molecule has 5 nitrogen and oxygen atoms in total. The molecule has 0 aliphatic heterocycles. The van der Waals surface area contributed by atoms with Gasteiger partial charge in [-0.25, -0.2) is 5.43 Å². The summed E-state index contributed by atoms with van der Waals surface area (Å²) >= 11 is 0. The predicted octanol–water partition coefficient (Wildman–Crippen LogP) is 2.96. The Labute approximate surface area is 143 Å². The predicted molar refractivity (Wildman–Crippen MR) is 97.7 cm³/mol. The third-order valence-electron chi connectivity index (χ3n) is 4.94. The number of nitrogens with zero attached hydrogens (tertiary/aromatic N) is 1. The third kappa shape index (κ3) is 3.17.